The number of aromatic nitrogens is 1. The first-order valence-corrected chi connectivity index (χ1v) is 7.15. The molecule has 1 heterocycles. The topological polar surface area (TPSA) is 48.1 Å². The van der Waals surface area contributed by atoms with Crippen molar-refractivity contribution in [1.29, 1.82) is 0 Å². The third kappa shape index (κ3) is 4.08. The third-order valence-electron chi connectivity index (χ3n) is 3.03. The van der Waals surface area contributed by atoms with Gasteiger partial charge in [0, 0.05) is 11.6 Å². The van der Waals surface area contributed by atoms with Gasteiger partial charge in [0.15, 0.2) is 0 Å². The van der Waals surface area contributed by atoms with E-state index >= 15 is 0 Å². The molecule has 0 bridgehead atoms. The number of nitrogen functional groups attached to an aromatic ring is 1. The summed E-state index contributed by atoms with van der Waals surface area (Å²) in [7, 11) is 0. The molecular formula is C16H18ClFN2O. The number of nitrogens with zero attached hydrogens (tertiary/aromatic N) is 1. The minimum absolute atomic E-state index is 0.0379. The Morgan fingerprint density at radius 1 is 1.38 bits per heavy atom. The summed E-state index contributed by atoms with van der Waals surface area (Å²) in [6.07, 6.45) is 2.41. The van der Waals surface area contributed by atoms with Gasteiger partial charge in [0.05, 0.1) is 22.6 Å². The average molecular weight is 309 g/mol. The summed E-state index contributed by atoms with van der Waals surface area (Å²) in [5.74, 6) is 0.586. The standard InChI is InChI=1S/C16H18ClFN2O/c1-10(2)6-16-15(19)7-11(8-20-16)21-9-12-13(17)4-3-5-14(12)18/h3-5,7-8,10H,6,9,19H2,1-2H3. The number of halogens is 2. The number of anilines is 1. The zero-order valence-electron chi connectivity index (χ0n) is 12.1. The van der Waals surface area contributed by atoms with E-state index in [2.05, 4.69) is 18.8 Å². The summed E-state index contributed by atoms with van der Waals surface area (Å²) in [6.45, 7) is 4.24. The van der Waals surface area contributed by atoms with Crippen molar-refractivity contribution >= 4 is 17.3 Å². The van der Waals surface area contributed by atoms with E-state index in [0.717, 1.165) is 12.1 Å². The smallest absolute Gasteiger partial charge is 0.140 e. The molecule has 2 N–H and O–H groups in total. The van der Waals surface area contributed by atoms with Crippen LogP contribution < -0.4 is 10.5 Å². The maximum absolute atomic E-state index is 13.6. The second kappa shape index (κ2) is 6.76. The van der Waals surface area contributed by atoms with Gasteiger partial charge in [-0.05, 0) is 24.5 Å². The van der Waals surface area contributed by atoms with Crippen molar-refractivity contribution in [3.05, 3.63) is 52.6 Å². The molecule has 21 heavy (non-hydrogen) atoms. The average Bonchev–Trinajstić information content (AvgIpc) is 2.41. The Bertz CT molecular complexity index is 611. The fourth-order valence-corrected chi connectivity index (χ4v) is 2.17. The first-order valence-electron chi connectivity index (χ1n) is 6.77. The highest BCUT2D eigenvalue weighted by Gasteiger charge is 2.09. The van der Waals surface area contributed by atoms with Crippen molar-refractivity contribution in [2.45, 2.75) is 26.9 Å². The van der Waals surface area contributed by atoms with Gasteiger partial charge in [0.1, 0.15) is 18.2 Å². The van der Waals surface area contributed by atoms with E-state index in [4.69, 9.17) is 22.1 Å². The Balaban J connectivity index is 2.09. The summed E-state index contributed by atoms with van der Waals surface area (Å²) in [6, 6.07) is 6.24. The third-order valence-corrected chi connectivity index (χ3v) is 3.38. The Morgan fingerprint density at radius 3 is 2.76 bits per heavy atom. The summed E-state index contributed by atoms with van der Waals surface area (Å²) in [5.41, 5.74) is 7.71. The zero-order chi connectivity index (χ0) is 15.4. The fraction of sp³-hybridized carbons (Fsp3) is 0.312. The molecule has 0 spiro atoms. The molecular weight excluding hydrogens is 291 g/mol. The maximum atomic E-state index is 13.6. The van der Waals surface area contributed by atoms with Gasteiger partial charge in [0.2, 0.25) is 0 Å². The van der Waals surface area contributed by atoms with Crippen LogP contribution >= 0.6 is 11.6 Å². The lowest BCUT2D eigenvalue weighted by molar-refractivity contribution is 0.298. The van der Waals surface area contributed by atoms with Crippen LogP contribution in [0.2, 0.25) is 5.02 Å². The number of ether oxygens (including phenoxy) is 1. The summed E-state index contributed by atoms with van der Waals surface area (Å²) in [4.78, 5) is 4.30. The van der Waals surface area contributed by atoms with Crippen LogP contribution in [0.25, 0.3) is 0 Å². The van der Waals surface area contributed by atoms with Crippen molar-refractivity contribution < 1.29 is 9.13 Å². The van der Waals surface area contributed by atoms with Crippen molar-refractivity contribution in [2.24, 2.45) is 5.92 Å². The van der Waals surface area contributed by atoms with E-state index in [1.807, 2.05) is 0 Å². The van der Waals surface area contributed by atoms with Crippen molar-refractivity contribution in [3.8, 4) is 5.75 Å². The van der Waals surface area contributed by atoms with Crippen molar-refractivity contribution in [1.82, 2.24) is 4.98 Å². The lowest BCUT2D eigenvalue weighted by Crippen LogP contribution is -2.04. The highest BCUT2D eigenvalue weighted by molar-refractivity contribution is 6.31. The molecule has 0 aliphatic heterocycles. The van der Waals surface area contributed by atoms with Gasteiger partial charge in [-0.1, -0.05) is 31.5 Å². The second-order valence-electron chi connectivity index (χ2n) is 5.29. The maximum Gasteiger partial charge on any atom is 0.140 e. The van der Waals surface area contributed by atoms with Crippen LogP contribution in [0.1, 0.15) is 25.1 Å². The van der Waals surface area contributed by atoms with E-state index in [9.17, 15) is 4.39 Å². The quantitative estimate of drug-likeness (QED) is 0.899. The number of hydrogen-bond acceptors (Lipinski definition) is 3. The van der Waals surface area contributed by atoms with Crippen LogP contribution in [0.15, 0.2) is 30.5 Å². The van der Waals surface area contributed by atoms with Gasteiger partial charge in [0.25, 0.3) is 0 Å². The number of pyridine rings is 1. The Morgan fingerprint density at radius 2 is 2.14 bits per heavy atom. The molecule has 1 aromatic heterocycles. The first kappa shape index (κ1) is 15.6. The second-order valence-corrected chi connectivity index (χ2v) is 5.70. The number of rotatable bonds is 5. The highest BCUT2D eigenvalue weighted by Crippen LogP contribution is 2.23. The van der Waals surface area contributed by atoms with Crippen LogP contribution in [0.4, 0.5) is 10.1 Å². The fourth-order valence-electron chi connectivity index (χ4n) is 1.95. The van der Waals surface area contributed by atoms with Gasteiger partial charge >= 0.3 is 0 Å². The summed E-state index contributed by atoms with van der Waals surface area (Å²) < 4.78 is 19.2. The Kier molecular flexibility index (Phi) is 5.02. The molecule has 0 aliphatic rings. The van der Waals surface area contributed by atoms with E-state index in [0.29, 0.717) is 27.9 Å². The zero-order valence-corrected chi connectivity index (χ0v) is 12.8. The van der Waals surface area contributed by atoms with E-state index in [1.165, 1.54) is 6.07 Å². The van der Waals surface area contributed by atoms with Crippen LogP contribution in [-0.2, 0) is 13.0 Å². The normalized spacial score (nSPS) is 10.9. The molecule has 0 saturated heterocycles. The number of nitrogens with two attached hydrogens (primary N) is 1. The molecule has 3 nitrogen and oxygen atoms in total. The minimum Gasteiger partial charge on any atom is -0.487 e. The van der Waals surface area contributed by atoms with Crippen LogP contribution in [0, 0.1) is 11.7 Å². The monoisotopic (exact) mass is 308 g/mol. The van der Waals surface area contributed by atoms with Crippen LogP contribution in [0.3, 0.4) is 0 Å². The molecule has 0 radical (unpaired) electrons. The van der Waals surface area contributed by atoms with Crippen molar-refractivity contribution in [3.63, 3.8) is 0 Å². The summed E-state index contributed by atoms with van der Waals surface area (Å²) >= 11 is 5.95. The van der Waals surface area contributed by atoms with E-state index < -0.39 is 0 Å². The SMILES string of the molecule is CC(C)Cc1ncc(OCc2c(F)cccc2Cl)cc1N. The van der Waals surface area contributed by atoms with Gasteiger partial charge in [-0.2, -0.15) is 0 Å². The van der Waals surface area contributed by atoms with Crippen LogP contribution in [-0.4, -0.2) is 4.98 Å². The minimum atomic E-state index is -0.389. The number of hydrogen-bond donors (Lipinski definition) is 1. The predicted octanol–water partition coefficient (Wildman–Crippen LogP) is 4.23. The predicted molar refractivity (Wildman–Crippen MR) is 82.9 cm³/mol. The molecule has 0 amide bonds. The lowest BCUT2D eigenvalue weighted by atomic mass is 10.1. The lowest BCUT2D eigenvalue weighted by Gasteiger charge is -2.11. The largest absolute Gasteiger partial charge is 0.487 e. The molecule has 1 aromatic carbocycles. The Labute approximate surface area is 128 Å². The van der Waals surface area contributed by atoms with Crippen molar-refractivity contribution in [2.75, 3.05) is 5.73 Å². The molecule has 2 rings (SSSR count). The molecule has 0 unspecified atom stereocenters. The van der Waals surface area contributed by atoms with Gasteiger partial charge in [-0.15, -0.1) is 0 Å². The van der Waals surface area contributed by atoms with E-state index in [1.54, 1.807) is 24.4 Å². The van der Waals surface area contributed by atoms with E-state index in [-0.39, 0.29) is 12.4 Å². The van der Waals surface area contributed by atoms with Crippen LogP contribution in [0.5, 0.6) is 5.75 Å². The summed E-state index contributed by atoms with van der Waals surface area (Å²) in [5, 5.41) is 0.340. The molecule has 0 saturated carbocycles. The van der Waals surface area contributed by atoms with Gasteiger partial charge in [-0.25, -0.2) is 4.39 Å². The molecule has 2 aromatic rings. The first-order chi connectivity index (χ1) is 9.97. The number of benzene rings is 1. The Hall–Kier alpha value is -1.81. The van der Waals surface area contributed by atoms with Gasteiger partial charge < -0.3 is 10.5 Å². The molecule has 5 heteroatoms. The molecule has 112 valence electrons. The molecule has 0 aliphatic carbocycles. The highest BCUT2D eigenvalue weighted by atomic mass is 35.5. The molecule has 0 fully saturated rings. The van der Waals surface area contributed by atoms with Gasteiger partial charge in [-0.3, -0.25) is 4.98 Å². The molecule has 0 atom stereocenters.